The molecule has 1 aromatic heterocycles. The Morgan fingerprint density at radius 3 is 2.37 bits per heavy atom. The molecule has 6 rings (SSSR count). The number of benzene rings is 3. The van der Waals surface area contributed by atoms with Crippen molar-refractivity contribution in [1.82, 2.24) is 5.16 Å². The van der Waals surface area contributed by atoms with Crippen molar-refractivity contribution in [3.8, 4) is 17.0 Å². The monoisotopic (exact) mass is 567 g/mol. The lowest BCUT2D eigenvalue weighted by Gasteiger charge is -2.11. The van der Waals surface area contributed by atoms with Crippen molar-refractivity contribution in [1.29, 1.82) is 0 Å². The van der Waals surface area contributed by atoms with E-state index < -0.39 is 0 Å². The number of carbonyl (C=O) groups excluding carboxylic acids is 1. The van der Waals surface area contributed by atoms with Gasteiger partial charge in [-0.15, -0.1) is 0 Å². The fourth-order valence-electron chi connectivity index (χ4n) is 4.99. The molecule has 38 heavy (non-hydrogen) atoms. The van der Waals surface area contributed by atoms with Crippen LogP contribution in [0.3, 0.4) is 0 Å². The number of nitrogens with zero attached hydrogens (tertiary/aromatic N) is 1. The molecule has 2 fully saturated rings. The molecule has 0 saturated heterocycles. The Labute approximate surface area is 235 Å². The average Bonchev–Trinajstić information content (AvgIpc) is 3.85. The van der Waals surface area contributed by atoms with Gasteiger partial charge >= 0.3 is 5.97 Å². The van der Waals surface area contributed by atoms with Gasteiger partial charge in [0.2, 0.25) is 0 Å². The molecule has 5 nitrogen and oxygen atoms in total. The molecule has 0 bridgehead atoms. The topological polar surface area (TPSA) is 61.6 Å². The highest BCUT2D eigenvalue weighted by Crippen LogP contribution is 2.56. The SMILES string of the molecule is COC(=O)c1ccc([C@H]2CC2c2ccc(OCc3c(-c4c(Cl)cccc4Cl)noc3C3CC3)cc2Cl)cc1. The number of hydrogen-bond donors (Lipinski definition) is 0. The maximum absolute atomic E-state index is 11.7. The number of halogens is 3. The first kappa shape index (κ1) is 25.3. The second kappa shape index (κ2) is 10.3. The maximum Gasteiger partial charge on any atom is 0.337 e. The molecule has 0 N–H and O–H groups in total. The minimum absolute atomic E-state index is 0.264. The van der Waals surface area contributed by atoms with Crippen LogP contribution in [0.15, 0.2) is 65.2 Å². The van der Waals surface area contributed by atoms with Gasteiger partial charge in [-0.1, -0.05) is 64.2 Å². The highest BCUT2D eigenvalue weighted by molar-refractivity contribution is 6.39. The molecule has 0 amide bonds. The van der Waals surface area contributed by atoms with Gasteiger partial charge in [0.25, 0.3) is 0 Å². The molecule has 0 spiro atoms. The molecule has 2 aliphatic rings. The van der Waals surface area contributed by atoms with E-state index in [9.17, 15) is 4.79 Å². The van der Waals surface area contributed by atoms with Crippen LogP contribution in [-0.2, 0) is 11.3 Å². The van der Waals surface area contributed by atoms with Crippen molar-refractivity contribution in [2.45, 2.75) is 43.6 Å². The number of rotatable bonds is 8. The zero-order chi connectivity index (χ0) is 26.4. The van der Waals surface area contributed by atoms with Gasteiger partial charge in [-0.3, -0.25) is 0 Å². The van der Waals surface area contributed by atoms with Crippen molar-refractivity contribution in [3.63, 3.8) is 0 Å². The lowest BCUT2D eigenvalue weighted by molar-refractivity contribution is 0.0600. The van der Waals surface area contributed by atoms with Gasteiger partial charge in [0.05, 0.1) is 28.3 Å². The van der Waals surface area contributed by atoms with Crippen LogP contribution in [-0.4, -0.2) is 18.2 Å². The summed E-state index contributed by atoms with van der Waals surface area (Å²) in [5.41, 5.74) is 4.95. The first-order valence-corrected chi connectivity index (χ1v) is 13.6. The summed E-state index contributed by atoms with van der Waals surface area (Å²) < 4.78 is 16.7. The van der Waals surface area contributed by atoms with E-state index in [1.165, 1.54) is 12.7 Å². The van der Waals surface area contributed by atoms with E-state index in [1.807, 2.05) is 30.3 Å². The van der Waals surface area contributed by atoms with Crippen LogP contribution in [0.1, 0.15) is 69.8 Å². The molecule has 0 radical (unpaired) electrons. The van der Waals surface area contributed by atoms with Crippen LogP contribution in [0, 0.1) is 0 Å². The molecular formula is C30H24Cl3NO4. The largest absolute Gasteiger partial charge is 0.489 e. The van der Waals surface area contributed by atoms with Gasteiger partial charge in [0.1, 0.15) is 23.8 Å². The Morgan fingerprint density at radius 1 is 0.974 bits per heavy atom. The Kier molecular flexibility index (Phi) is 6.85. The molecule has 1 unspecified atom stereocenters. The predicted molar refractivity (Wildman–Crippen MR) is 148 cm³/mol. The van der Waals surface area contributed by atoms with Gasteiger partial charge in [-0.05, 0) is 78.6 Å². The predicted octanol–water partition coefficient (Wildman–Crippen LogP) is 8.82. The third kappa shape index (κ3) is 4.91. The normalized spacial score (nSPS) is 18.3. The average molecular weight is 569 g/mol. The van der Waals surface area contributed by atoms with Gasteiger partial charge in [-0.25, -0.2) is 4.79 Å². The number of carbonyl (C=O) groups is 1. The van der Waals surface area contributed by atoms with Crippen LogP contribution in [0.4, 0.5) is 0 Å². The standard InChI is InChI=1S/C30H24Cl3NO4/c1-36-30(35)18-9-5-16(6-10-18)21-14-22(21)20-12-11-19(13-26(20)33)37-15-23-28(34-38-29(23)17-7-8-17)27-24(31)3-2-4-25(27)32/h2-6,9-13,17,21-22H,7-8,14-15H2,1H3/t21-,22?/m1/s1. The molecular weight excluding hydrogens is 545 g/mol. The molecule has 2 aliphatic carbocycles. The van der Waals surface area contributed by atoms with Crippen LogP contribution >= 0.6 is 34.8 Å². The van der Waals surface area contributed by atoms with Crippen molar-refractivity contribution in [3.05, 3.63) is 104 Å². The summed E-state index contributed by atoms with van der Waals surface area (Å²) in [7, 11) is 1.38. The van der Waals surface area contributed by atoms with E-state index in [-0.39, 0.29) is 12.6 Å². The molecule has 4 aromatic rings. The summed E-state index contributed by atoms with van der Waals surface area (Å²) in [6.07, 6.45) is 3.13. The fraction of sp³-hybridized carbons (Fsp3) is 0.267. The first-order valence-electron chi connectivity index (χ1n) is 12.5. The Balaban J connectivity index is 1.18. The summed E-state index contributed by atoms with van der Waals surface area (Å²) in [5.74, 6) is 2.20. The minimum atomic E-state index is -0.333. The van der Waals surface area contributed by atoms with Crippen molar-refractivity contribution >= 4 is 40.8 Å². The fourth-order valence-corrected chi connectivity index (χ4v) is 5.88. The highest BCUT2D eigenvalue weighted by atomic mass is 35.5. The molecule has 2 saturated carbocycles. The second-order valence-corrected chi connectivity index (χ2v) is 11.0. The third-order valence-corrected chi connectivity index (χ3v) is 8.23. The lowest BCUT2D eigenvalue weighted by Crippen LogP contribution is -2.01. The van der Waals surface area contributed by atoms with Crippen LogP contribution in [0.2, 0.25) is 15.1 Å². The van der Waals surface area contributed by atoms with Gasteiger partial charge in [0.15, 0.2) is 0 Å². The molecule has 8 heteroatoms. The van der Waals surface area contributed by atoms with Crippen molar-refractivity contribution in [2.75, 3.05) is 7.11 Å². The summed E-state index contributed by atoms with van der Waals surface area (Å²) in [6.45, 7) is 0.264. The van der Waals surface area contributed by atoms with E-state index in [4.69, 9.17) is 48.8 Å². The third-order valence-electron chi connectivity index (χ3n) is 7.27. The first-order chi connectivity index (χ1) is 18.4. The van der Waals surface area contributed by atoms with E-state index in [0.717, 1.165) is 36.1 Å². The minimum Gasteiger partial charge on any atom is -0.489 e. The highest BCUT2D eigenvalue weighted by Gasteiger charge is 2.40. The number of hydrogen-bond acceptors (Lipinski definition) is 5. The van der Waals surface area contributed by atoms with E-state index in [0.29, 0.717) is 55.4 Å². The van der Waals surface area contributed by atoms with Crippen LogP contribution < -0.4 is 4.74 Å². The van der Waals surface area contributed by atoms with Crippen LogP contribution in [0.25, 0.3) is 11.3 Å². The molecule has 194 valence electrons. The lowest BCUT2D eigenvalue weighted by atomic mass is 10.0. The zero-order valence-electron chi connectivity index (χ0n) is 20.5. The maximum atomic E-state index is 11.7. The van der Waals surface area contributed by atoms with E-state index >= 15 is 0 Å². The summed E-state index contributed by atoms with van der Waals surface area (Å²) in [4.78, 5) is 11.7. The number of esters is 1. The summed E-state index contributed by atoms with van der Waals surface area (Å²) in [6, 6.07) is 18.8. The summed E-state index contributed by atoms with van der Waals surface area (Å²) >= 11 is 19.7. The smallest absolute Gasteiger partial charge is 0.337 e. The van der Waals surface area contributed by atoms with E-state index in [1.54, 1.807) is 30.3 Å². The molecule has 2 atom stereocenters. The van der Waals surface area contributed by atoms with E-state index in [2.05, 4.69) is 5.16 Å². The zero-order valence-corrected chi connectivity index (χ0v) is 22.8. The number of aromatic nitrogens is 1. The van der Waals surface area contributed by atoms with Crippen molar-refractivity contribution in [2.24, 2.45) is 0 Å². The Bertz CT molecular complexity index is 1490. The summed E-state index contributed by atoms with van der Waals surface area (Å²) in [5, 5.41) is 6.02. The Morgan fingerprint density at radius 2 is 1.71 bits per heavy atom. The van der Waals surface area contributed by atoms with Crippen molar-refractivity contribution < 1.29 is 18.8 Å². The van der Waals surface area contributed by atoms with Crippen LogP contribution in [0.5, 0.6) is 5.75 Å². The number of ether oxygens (including phenoxy) is 2. The molecule has 1 heterocycles. The second-order valence-electron chi connectivity index (χ2n) is 9.78. The number of methoxy groups -OCH3 is 1. The van der Waals surface area contributed by atoms with Gasteiger partial charge < -0.3 is 14.0 Å². The van der Waals surface area contributed by atoms with Gasteiger partial charge in [0, 0.05) is 16.5 Å². The molecule has 3 aromatic carbocycles. The Hall–Kier alpha value is -2.99. The molecule has 0 aliphatic heterocycles. The quantitative estimate of drug-likeness (QED) is 0.199. The van der Waals surface area contributed by atoms with Gasteiger partial charge in [-0.2, -0.15) is 0 Å².